The lowest BCUT2D eigenvalue weighted by molar-refractivity contribution is -0.121. The van der Waals surface area contributed by atoms with Crippen LogP contribution in [0.25, 0.3) is 0 Å². The zero-order valence-electron chi connectivity index (χ0n) is 13.9. The zero-order chi connectivity index (χ0) is 16.9. The van der Waals surface area contributed by atoms with E-state index in [1.54, 1.807) is 0 Å². The van der Waals surface area contributed by atoms with Crippen molar-refractivity contribution in [2.24, 2.45) is 0 Å². The topological polar surface area (TPSA) is 78.4 Å². The molecule has 3 N–H and O–H groups in total. The molecule has 126 valence electrons. The summed E-state index contributed by atoms with van der Waals surface area (Å²) in [5.41, 5.74) is 2.27. The van der Waals surface area contributed by atoms with E-state index in [-0.39, 0.29) is 24.9 Å². The Morgan fingerprint density at radius 2 is 1.83 bits per heavy atom. The standard InChI is InChI=1S/C18H26N2O3/c1-3-18(23,4-2)12-20-16(21)11-19-17(22)15-9-8-13-6-5-7-14(13)10-15/h8-10,23H,3-7,11-12H2,1-2H3,(H,19,22)(H,20,21). The first-order chi connectivity index (χ1) is 11.0. The number of hydrogen-bond acceptors (Lipinski definition) is 3. The highest BCUT2D eigenvalue weighted by atomic mass is 16.3. The van der Waals surface area contributed by atoms with Gasteiger partial charge in [-0.2, -0.15) is 0 Å². The molecule has 0 unspecified atom stereocenters. The summed E-state index contributed by atoms with van der Waals surface area (Å²) in [5.74, 6) is -0.532. The maximum atomic E-state index is 12.1. The van der Waals surface area contributed by atoms with Crippen molar-refractivity contribution >= 4 is 11.8 Å². The van der Waals surface area contributed by atoms with E-state index in [2.05, 4.69) is 10.6 Å². The molecule has 0 saturated heterocycles. The van der Waals surface area contributed by atoms with E-state index in [0.29, 0.717) is 18.4 Å². The quantitative estimate of drug-likeness (QED) is 0.714. The van der Waals surface area contributed by atoms with Gasteiger partial charge in [0.05, 0.1) is 12.1 Å². The third kappa shape index (κ3) is 4.55. The normalized spacial score (nSPS) is 13.5. The SMILES string of the molecule is CCC(O)(CC)CNC(=O)CNC(=O)c1ccc2c(c1)CCC2. The molecule has 0 aliphatic heterocycles. The van der Waals surface area contributed by atoms with Gasteiger partial charge in [-0.15, -0.1) is 0 Å². The molecule has 0 bridgehead atoms. The van der Waals surface area contributed by atoms with Gasteiger partial charge in [0.1, 0.15) is 0 Å². The Morgan fingerprint density at radius 1 is 1.13 bits per heavy atom. The fourth-order valence-electron chi connectivity index (χ4n) is 2.80. The minimum atomic E-state index is -0.875. The van der Waals surface area contributed by atoms with Gasteiger partial charge in [0.25, 0.3) is 5.91 Å². The van der Waals surface area contributed by atoms with Crippen LogP contribution >= 0.6 is 0 Å². The molecule has 5 nitrogen and oxygen atoms in total. The number of carbonyl (C=O) groups excluding carboxylic acids is 2. The smallest absolute Gasteiger partial charge is 0.251 e. The van der Waals surface area contributed by atoms with Gasteiger partial charge in [0.2, 0.25) is 5.91 Å². The van der Waals surface area contributed by atoms with Crippen LogP contribution < -0.4 is 10.6 Å². The highest BCUT2D eigenvalue weighted by Crippen LogP contribution is 2.22. The number of amides is 2. The molecule has 0 atom stereocenters. The van der Waals surface area contributed by atoms with Gasteiger partial charge in [-0.1, -0.05) is 19.9 Å². The Hall–Kier alpha value is -1.88. The van der Waals surface area contributed by atoms with E-state index in [4.69, 9.17) is 0 Å². The minimum Gasteiger partial charge on any atom is -0.388 e. The molecule has 1 aromatic rings. The van der Waals surface area contributed by atoms with E-state index in [1.807, 2.05) is 32.0 Å². The first-order valence-corrected chi connectivity index (χ1v) is 8.36. The summed E-state index contributed by atoms with van der Waals surface area (Å²) >= 11 is 0. The van der Waals surface area contributed by atoms with Crippen LogP contribution in [0, 0.1) is 0 Å². The Bertz CT molecular complexity index is 580. The van der Waals surface area contributed by atoms with E-state index >= 15 is 0 Å². The summed E-state index contributed by atoms with van der Waals surface area (Å²) in [6.45, 7) is 3.88. The Labute approximate surface area is 137 Å². The van der Waals surface area contributed by atoms with Gasteiger partial charge in [-0.3, -0.25) is 9.59 Å². The van der Waals surface area contributed by atoms with Crippen LogP contribution in [0.3, 0.4) is 0 Å². The van der Waals surface area contributed by atoms with Gasteiger partial charge in [-0.25, -0.2) is 0 Å². The molecule has 0 spiro atoms. The van der Waals surface area contributed by atoms with Crippen molar-refractivity contribution in [3.05, 3.63) is 34.9 Å². The monoisotopic (exact) mass is 318 g/mol. The van der Waals surface area contributed by atoms with Gasteiger partial charge in [0, 0.05) is 12.1 Å². The lowest BCUT2D eigenvalue weighted by atomic mass is 9.98. The van der Waals surface area contributed by atoms with E-state index in [1.165, 1.54) is 11.1 Å². The average molecular weight is 318 g/mol. The van der Waals surface area contributed by atoms with Crippen LogP contribution in [-0.2, 0) is 17.6 Å². The second kappa shape index (κ2) is 7.59. The molecule has 0 saturated carbocycles. The van der Waals surface area contributed by atoms with Gasteiger partial charge < -0.3 is 15.7 Å². The maximum Gasteiger partial charge on any atom is 0.251 e. The number of carbonyl (C=O) groups is 2. The van der Waals surface area contributed by atoms with Crippen LogP contribution in [0.5, 0.6) is 0 Å². The maximum absolute atomic E-state index is 12.1. The Morgan fingerprint density at radius 3 is 2.52 bits per heavy atom. The van der Waals surface area contributed by atoms with E-state index in [0.717, 1.165) is 19.3 Å². The van der Waals surface area contributed by atoms with Gasteiger partial charge in [-0.05, 0) is 55.4 Å². The molecule has 2 amide bonds. The van der Waals surface area contributed by atoms with Crippen molar-refractivity contribution in [2.75, 3.05) is 13.1 Å². The Kier molecular flexibility index (Phi) is 5.77. The predicted octanol–water partition coefficient (Wildman–Crippen LogP) is 1.57. The summed E-state index contributed by atoms with van der Waals surface area (Å²) < 4.78 is 0. The van der Waals surface area contributed by atoms with Crippen molar-refractivity contribution in [1.29, 1.82) is 0 Å². The average Bonchev–Trinajstić information content (AvgIpc) is 3.05. The molecular formula is C18H26N2O3. The molecule has 23 heavy (non-hydrogen) atoms. The van der Waals surface area contributed by atoms with Crippen LogP contribution in [0.4, 0.5) is 0 Å². The highest BCUT2D eigenvalue weighted by Gasteiger charge is 2.22. The number of nitrogens with one attached hydrogen (secondary N) is 2. The minimum absolute atomic E-state index is 0.0839. The summed E-state index contributed by atoms with van der Waals surface area (Å²) in [5, 5.41) is 15.4. The molecule has 0 radical (unpaired) electrons. The largest absolute Gasteiger partial charge is 0.388 e. The summed E-state index contributed by atoms with van der Waals surface area (Å²) in [4.78, 5) is 23.9. The van der Waals surface area contributed by atoms with Gasteiger partial charge in [0.15, 0.2) is 0 Å². The molecule has 2 rings (SSSR count). The fourth-order valence-corrected chi connectivity index (χ4v) is 2.80. The zero-order valence-corrected chi connectivity index (χ0v) is 13.9. The van der Waals surface area contributed by atoms with E-state index < -0.39 is 5.60 Å². The third-order valence-electron chi connectivity index (χ3n) is 4.70. The van der Waals surface area contributed by atoms with Crippen LogP contribution in [0.1, 0.15) is 54.6 Å². The van der Waals surface area contributed by atoms with Crippen LogP contribution in [-0.4, -0.2) is 35.6 Å². The number of benzene rings is 1. The fraction of sp³-hybridized carbons (Fsp3) is 0.556. The summed E-state index contributed by atoms with van der Waals surface area (Å²) in [6.07, 6.45) is 4.39. The van der Waals surface area contributed by atoms with E-state index in [9.17, 15) is 14.7 Å². The molecular weight excluding hydrogens is 292 g/mol. The number of fused-ring (bicyclic) bond motifs is 1. The number of hydrogen-bond donors (Lipinski definition) is 3. The van der Waals surface area contributed by atoms with Crippen molar-refractivity contribution in [2.45, 2.75) is 51.6 Å². The first kappa shape index (κ1) is 17.5. The van der Waals surface area contributed by atoms with Crippen molar-refractivity contribution < 1.29 is 14.7 Å². The van der Waals surface area contributed by atoms with Gasteiger partial charge >= 0.3 is 0 Å². The molecule has 0 heterocycles. The predicted molar refractivity (Wildman–Crippen MR) is 89.3 cm³/mol. The second-order valence-electron chi connectivity index (χ2n) is 6.23. The summed E-state index contributed by atoms with van der Waals surface area (Å²) in [7, 11) is 0. The third-order valence-corrected chi connectivity index (χ3v) is 4.70. The van der Waals surface area contributed by atoms with Crippen molar-refractivity contribution in [3.63, 3.8) is 0 Å². The lowest BCUT2D eigenvalue weighted by Gasteiger charge is -2.25. The molecule has 1 aliphatic carbocycles. The number of aryl methyl sites for hydroxylation is 2. The molecule has 1 aromatic carbocycles. The van der Waals surface area contributed by atoms with Crippen molar-refractivity contribution in [3.8, 4) is 0 Å². The number of aliphatic hydroxyl groups is 1. The summed E-state index contributed by atoms with van der Waals surface area (Å²) in [6, 6.07) is 5.73. The first-order valence-electron chi connectivity index (χ1n) is 8.36. The molecule has 1 aliphatic rings. The molecule has 0 aromatic heterocycles. The molecule has 5 heteroatoms. The van der Waals surface area contributed by atoms with Crippen molar-refractivity contribution in [1.82, 2.24) is 10.6 Å². The van der Waals surface area contributed by atoms with Crippen LogP contribution in [0.2, 0.25) is 0 Å². The second-order valence-corrected chi connectivity index (χ2v) is 6.23. The molecule has 0 fully saturated rings. The Balaban J connectivity index is 1.81. The number of rotatable bonds is 7. The highest BCUT2D eigenvalue weighted by molar-refractivity contribution is 5.96. The lowest BCUT2D eigenvalue weighted by Crippen LogP contribution is -2.45. The van der Waals surface area contributed by atoms with Crippen LogP contribution in [0.15, 0.2) is 18.2 Å².